The van der Waals surface area contributed by atoms with Crippen molar-refractivity contribution in [1.82, 2.24) is 4.48 Å². The average Bonchev–Trinajstić information content (AvgIpc) is 2.99. The maximum Gasteiger partial charge on any atom is 0.737 e. The van der Waals surface area contributed by atoms with E-state index < -0.39 is 12.8 Å². The smallest absolute Gasteiger partial charge is 0.393 e. The summed E-state index contributed by atoms with van der Waals surface area (Å²) in [6, 6.07) is 6.42. The fourth-order valence-corrected chi connectivity index (χ4v) is 4.81. The van der Waals surface area contributed by atoms with E-state index in [0.29, 0.717) is 49.5 Å². The number of benzene rings is 1. The molecule has 2 nitrogen and oxygen atoms in total. The molecule has 1 aromatic heterocycles. The molecule has 1 aromatic carbocycles. The molecular formula is C19H17BBrF3N2. The Bertz CT molecular complexity index is 1060. The van der Waals surface area contributed by atoms with Crippen molar-refractivity contribution in [2.24, 2.45) is 0 Å². The number of halogens is 4. The van der Waals surface area contributed by atoms with Gasteiger partial charge in [-0.1, -0.05) is 22.0 Å². The highest BCUT2D eigenvalue weighted by molar-refractivity contribution is 9.10. The number of hydrogen-bond donors (Lipinski definition) is 0. The van der Waals surface area contributed by atoms with Gasteiger partial charge in [0.05, 0.1) is 5.57 Å². The van der Waals surface area contributed by atoms with Gasteiger partial charge in [0.2, 0.25) is 0 Å². The van der Waals surface area contributed by atoms with E-state index in [2.05, 4.69) is 15.9 Å². The van der Waals surface area contributed by atoms with Crippen molar-refractivity contribution < 1.29 is 17.5 Å². The number of nitrogens with zero attached hydrogens (tertiary/aromatic N) is 2. The molecule has 2 aliphatic heterocycles. The molecule has 0 spiro atoms. The maximum atomic E-state index is 15.5. The largest absolute Gasteiger partial charge is 0.737 e. The van der Waals surface area contributed by atoms with Gasteiger partial charge in [-0.25, -0.2) is 4.39 Å². The van der Waals surface area contributed by atoms with Crippen LogP contribution in [0.1, 0.15) is 36.4 Å². The molecule has 3 heterocycles. The molecule has 0 saturated carbocycles. The predicted octanol–water partition coefficient (Wildman–Crippen LogP) is 5.44. The van der Waals surface area contributed by atoms with E-state index in [4.69, 9.17) is 0 Å². The lowest BCUT2D eigenvalue weighted by Crippen LogP contribution is -2.51. The van der Waals surface area contributed by atoms with Crippen molar-refractivity contribution in [2.75, 3.05) is 0 Å². The molecule has 0 radical (unpaired) electrons. The summed E-state index contributed by atoms with van der Waals surface area (Å²) in [7, 11) is 0. The Morgan fingerprint density at radius 2 is 1.81 bits per heavy atom. The standard InChI is InChI=1S/C19H17BBrF3N2/c1-10-8-12(3)25-18(10)17(16-14(21)6-5-7-15(16)22)19-11(2)9-13(4)26(19)20(25,23)24/h5-9H,1-4H3. The lowest BCUT2D eigenvalue weighted by molar-refractivity contribution is -0.363. The summed E-state index contributed by atoms with van der Waals surface area (Å²) in [5, 5.41) is 0. The molecule has 2 aliphatic rings. The topological polar surface area (TPSA) is 7.94 Å². The van der Waals surface area contributed by atoms with Gasteiger partial charge >= 0.3 is 6.97 Å². The van der Waals surface area contributed by atoms with Crippen molar-refractivity contribution in [3.8, 4) is 0 Å². The van der Waals surface area contributed by atoms with E-state index in [-0.39, 0.29) is 0 Å². The summed E-state index contributed by atoms with van der Waals surface area (Å²) in [6.45, 7) is 2.86. The van der Waals surface area contributed by atoms with Crippen molar-refractivity contribution in [1.29, 1.82) is 0 Å². The third-order valence-electron chi connectivity index (χ3n) is 5.15. The van der Waals surface area contributed by atoms with E-state index in [1.165, 1.54) is 6.07 Å². The number of fused-ring (bicyclic) bond motifs is 2. The Morgan fingerprint density at radius 1 is 1.12 bits per heavy atom. The van der Waals surface area contributed by atoms with Crippen LogP contribution >= 0.6 is 15.9 Å². The van der Waals surface area contributed by atoms with Crippen LogP contribution in [-0.2, 0) is 0 Å². The minimum Gasteiger partial charge on any atom is -0.393 e. The molecule has 0 unspecified atom stereocenters. The van der Waals surface area contributed by atoms with Crippen LogP contribution in [0.15, 0.2) is 46.1 Å². The van der Waals surface area contributed by atoms with Crippen LogP contribution in [0.5, 0.6) is 0 Å². The van der Waals surface area contributed by atoms with E-state index in [1.807, 2.05) is 0 Å². The first-order valence-electron chi connectivity index (χ1n) is 8.37. The van der Waals surface area contributed by atoms with Gasteiger partial charge in [-0.2, -0.15) is 0 Å². The Balaban J connectivity index is 2.24. The van der Waals surface area contributed by atoms with Gasteiger partial charge in [0, 0.05) is 34.3 Å². The van der Waals surface area contributed by atoms with Crippen LogP contribution in [-0.4, -0.2) is 21.6 Å². The zero-order valence-electron chi connectivity index (χ0n) is 14.9. The molecule has 0 N–H and O–H groups in total. The lowest BCUT2D eigenvalue weighted by Gasteiger charge is -2.34. The molecule has 0 saturated heterocycles. The Kier molecular flexibility index (Phi) is 3.67. The fraction of sp³-hybridized carbons (Fsp3) is 0.211. The summed E-state index contributed by atoms with van der Waals surface area (Å²) in [5.74, 6) is -0.443. The van der Waals surface area contributed by atoms with Crippen molar-refractivity contribution in [2.45, 2.75) is 27.7 Å². The number of rotatable bonds is 1. The fourth-order valence-electron chi connectivity index (χ4n) is 4.27. The molecule has 0 aliphatic carbocycles. The first-order valence-corrected chi connectivity index (χ1v) is 9.17. The van der Waals surface area contributed by atoms with Crippen LogP contribution in [0.25, 0.3) is 5.57 Å². The minimum absolute atomic E-state index is 0.309. The molecule has 26 heavy (non-hydrogen) atoms. The van der Waals surface area contributed by atoms with Crippen LogP contribution in [0, 0.1) is 19.7 Å². The lowest BCUT2D eigenvalue weighted by atomic mass is 9.83. The first kappa shape index (κ1) is 17.4. The zero-order valence-corrected chi connectivity index (χ0v) is 16.5. The predicted molar refractivity (Wildman–Crippen MR) is 102 cm³/mol. The molecule has 2 aromatic rings. The van der Waals surface area contributed by atoms with Gasteiger partial charge in [-0.3, -0.25) is 0 Å². The highest BCUT2D eigenvalue weighted by atomic mass is 79.9. The van der Waals surface area contributed by atoms with Crippen molar-refractivity contribution in [3.05, 3.63) is 74.4 Å². The third kappa shape index (κ3) is 2.09. The quantitative estimate of drug-likeness (QED) is 0.543. The van der Waals surface area contributed by atoms with E-state index in [9.17, 15) is 4.39 Å². The second-order valence-electron chi connectivity index (χ2n) is 6.93. The van der Waals surface area contributed by atoms with Crippen molar-refractivity contribution in [3.63, 3.8) is 0 Å². The summed E-state index contributed by atoms with van der Waals surface area (Å²) in [5.41, 5.74) is 3.91. The molecule has 0 amide bonds. The second kappa shape index (κ2) is 5.49. The van der Waals surface area contributed by atoms with E-state index in [0.717, 1.165) is 8.96 Å². The Labute approximate surface area is 158 Å². The number of hydrogen-bond acceptors (Lipinski definition) is 0. The van der Waals surface area contributed by atoms with Crippen LogP contribution in [0.3, 0.4) is 0 Å². The van der Waals surface area contributed by atoms with Crippen LogP contribution < -0.4 is 0 Å². The van der Waals surface area contributed by atoms with Gasteiger partial charge in [0.15, 0.2) is 5.70 Å². The molecule has 0 fully saturated rings. The maximum absolute atomic E-state index is 15.5. The normalized spacial score (nSPS) is 18.2. The minimum atomic E-state index is -4.05. The SMILES string of the molecule is CC1=CC(C)=[N+]2C1=C(c1c(F)cccc1Br)c1c(C)cc(C)n1[B-]2(F)F. The number of aromatic nitrogens is 1. The molecule has 0 atom stereocenters. The number of allylic oxidation sites excluding steroid dienone is 2. The van der Waals surface area contributed by atoms with Gasteiger partial charge in [-0.15, -0.1) is 0 Å². The van der Waals surface area contributed by atoms with Gasteiger partial charge in [0.1, 0.15) is 11.5 Å². The van der Waals surface area contributed by atoms with Gasteiger partial charge < -0.3 is 17.6 Å². The monoisotopic (exact) mass is 420 g/mol. The van der Waals surface area contributed by atoms with E-state index in [1.54, 1.807) is 52.0 Å². The average molecular weight is 421 g/mol. The van der Waals surface area contributed by atoms with Crippen LogP contribution in [0.4, 0.5) is 13.0 Å². The second-order valence-corrected chi connectivity index (χ2v) is 7.79. The summed E-state index contributed by atoms with van der Waals surface area (Å²) >= 11 is 3.42. The first-order chi connectivity index (χ1) is 12.2. The Morgan fingerprint density at radius 3 is 2.46 bits per heavy atom. The third-order valence-corrected chi connectivity index (χ3v) is 5.81. The number of aryl methyl sites for hydroxylation is 2. The summed E-state index contributed by atoms with van der Waals surface area (Å²) < 4.78 is 48.5. The molecular weight excluding hydrogens is 404 g/mol. The summed E-state index contributed by atoms with van der Waals surface area (Å²) in [6.07, 6.45) is 1.73. The molecule has 7 heteroatoms. The molecule has 0 bridgehead atoms. The Hall–Kier alpha value is -2.02. The van der Waals surface area contributed by atoms with Gasteiger partial charge in [-0.05, 0) is 50.2 Å². The highest BCUT2D eigenvalue weighted by Gasteiger charge is 2.55. The molecule has 134 valence electrons. The molecule has 4 rings (SSSR count). The summed E-state index contributed by atoms with van der Waals surface area (Å²) in [4.78, 5) is 0. The van der Waals surface area contributed by atoms with E-state index >= 15 is 8.63 Å². The zero-order chi connectivity index (χ0) is 19.0. The van der Waals surface area contributed by atoms with Crippen LogP contribution in [0.2, 0.25) is 0 Å². The van der Waals surface area contributed by atoms with Crippen molar-refractivity contribution >= 4 is 34.2 Å². The van der Waals surface area contributed by atoms with Gasteiger partial charge in [0.25, 0.3) is 0 Å². The highest BCUT2D eigenvalue weighted by Crippen LogP contribution is 2.46.